The van der Waals surface area contributed by atoms with Gasteiger partial charge in [0.25, 0.3) is 0 Å². The van der Waals surface area contributed by atoms with E-state index in [9.17, 15) is 4.79 Å². The Morgan fingerprint density at radius 3 is 2.73 bits per heavy atom. The zero-order valence-corrected chi connectivity index (χ0v) is 10.5. The van der Waals surface area contributed by atoms with Gasteiger partial charge in [-0.05, 0) is 19.3 Å². The monoisotopic (exact) mass is 275 g/mol. The molecule has 4 heteroatoms. The topological polar surface area (TPSA) is 38.3 Å². The van der Waals surface area contributed by atoms with Crippen LogP contribution >= 0.6 is 15.9 Å². The summed E-state index contributed by atoms with van der Waals surface area (Å²) in [5, 5.41) is 3.96. The molecule has 0 radical (unpaired) electrons. The van der Waals surface area contributed by atoms with Gasteiger partial charge in [-0.1, -0.05) is 28.8 Å². The van der Waals surface area contributed by atoms with Gasteiger partial charge in [0.05, 0.1) is 12.1 Å². The molecule has 2 aliphatic rings. The van der Waals surface area contributed by atoms with E-state index >= 15 is 0 Å². The van der Waals surface area contributed by atoms with Crippen LogP contribution in [-0.2, 0) is 9.53 Å². The first-order valence-corrected chi connectivity index (χ1v) is 6.84. The molecule has 3 nitrogen and oxygen atoms in total. The summed E-state index contributed by atoms with van der Waals surface area (Å²) >= 11 is 3.48. The number of carbonyl (C=O) groups is 1. The molecule has 0 aromatic heterocycles. The number of alkyl halides is 1. The minimum Gasteiger partial charge on any atom is -0.379 e. The lowest BCUT2D eigenvalue weighted by molar-refractivity contribution is -0.126. The number of amides is 1. The van der Waals surface area contributed by atoms with E-state index in [0.717, 1.165) is 31.2 Å². The van der Waals surface area contributed by atoms with E-state index in [1.807, 2.05) is 0 Å². The van der Waals surface area contributed by atoms with Crippen LogP contribution in [0.15, 0.2) is 0 Å². The summed E-state index contributed by atoms with van der Waals surface area (Å²) in [4.78, 5) is 12.0. The normalized spacial score (nSPS) is 32.1. The Bertz CT molecular complexity index is 233. The molecule has 1 saturated carbocycles. The van der Waals surface area contributed by atoms with E-state index in [2.05, 4.69) is 21.2 Å². The summed E-state index contributed by atoms with van der Waals surface area (Å²) in [5.74, 6) is 0.485. The number of hydrogen-bond acceptors (Lipinski definition) is 2. The Hall–Kier alpha value is -0.0900. The highest BCUT2D eigenvalue weighted by atomic mass is 79.9. The largest absolute Gasteiger partial charge is 0.379 e. The average molecular weight is 276 g/mol. The molecule has 1 amide bonds. The number of rotatable bonds is 3. The van der Waals surface area contributed by atoms with Gasteiger partial charge in [-0.2, -0.15) is 0 Å². The molecule has 1 unspecified atom stereocenters. The van der Waals surface area contributed by atoms with Crippen molar-refractivity contribution in [1.29, 1.82) is 0 Å². The Balaban J connectivity index is 1.91. The third-order valence-corrected chi connectivity index (χ3v) is 4.55. The van der Waals surface area contributed by atoms with E-state index in [4.69, 9.17) is 4.74 Å². The summed E-state index contributed by atoms with van der Waals surface area (Å²) in [6, 6.07) is 0. The molecule has 2 fully saturated rings. The van der Waals surface area contributed by atoms with Gasteiger partial charge in [0.15, 0.2) is 0 Å². The number of carbonyl (C=O) groups excluding carboxylic acids is 1. The molecule has 2 rings (SSSR count). The molecular weight excluding hydrogens is 258 g/mol. The van der Waals surface area contributed by atoms with Gasteiger partial charge >= 0.3 is 0 Å². The number of hydrogen-bond donors (Lipinski definition) is 1. The van der Waals surface area contributed by atoms with Crippen molar-refractivity contribution in [3.63, 3.8) is 0 Å². The summed E-state index contributed by atoms with van der Waals surface area (Å²) in [6.07, 6.45) is 5.46. The van der Waals surface area contributed by atoms with Crippen molar-refractivity contribution >= 4 is 21.8 Å². The smallest absolute Gasteiger partial charge is 0.223 e. The maximum Gasteiger partial charge on any atom is 0.223 e. The standard InChI is InChI=1S/C11H18BrNO2/c12-7-11(5-6-15-8-11)13-10(14)9-3-1-2-4-9/h9H,1-8H2,(H,13,14). The first-order valence-electron chi connectivity index (χ1n) is 5.71. The Morgan fingerprint density at radius 2 is 2.20 bits per heavy atom. The molecule has 1 N–H and O–H groups in total. The molecule has 0 bridgehead atoms. The molecule has 0 aromatic rings. The van der Waals surface area contributed by atoms with Crippen LogP contribution in [0.4, 0.5) is 0 Å². The lowest BCUT2D eigenvalue weighted by atomic mass is 9.99. The van der Waals surface area contributed by atoms with Gasteiger partial charge in [-0.3, -0.25) is 4.79 Å². The highest BCUT2D eigenvalue weighted by molar-refractivity contribution is 9.09. The predicted octanol–water partition coefficient (Wildman–Crippen LogP) is 1.85. The van der Waals surface area contributed by atoms with Gasteiger partial charge in [-0.15, -0.1) is 0 Å². The second kappa shape index (κ2) is 4.83. The first kappa shape index (κ1) is 11.4. The second-order valence-corrected chi connectivity index (χ2v) is 5.25. The highest BCUT2D eigenvalue weighted by Gasteiger charge is 2.37. The van der Waals surface area contributed by atoms with Crippen molar-refractivity contribution < 1.29 is 9.53 Å². The first-order chi connectivity index (χ1) is 7.26. The third-order valence-electron chi connectivity index (χ3n) is 3.47. The minimum absolute atomic E-state index is 0.139. The second-order valence-electron chi connectivity index (χ2n) is 4.69. The molecule has 1 heterocycles. The zero-order valence-electron chi connectivity index (χ0n) is 8.93. The van der Waals surface area contributed by atoms with Crippen LogP contribution in [0.2, 0.25) is 0 Å². The number of nitrogens with one attached hydrogen (secondary N) is 1. The zero-order chi connectivity index (χ0) is 10.7. The van der Waals surface area contributed by atoms with Crippen LogP contribution in [-0.4, -0.2) is 30.0 Å². The fourth-order valence-electron chi connectivity index (χ4n) is 2.40. The molecule has 1 aliphatic heterocycles. The van der Waals surface area contributed by atoms with E-state index in [-0.39, 0.29) is 17.4 Å². The SMILES string of the molecule is O=C(NC1(CBr)CCOC1)C1CCCC1. The van der Waals surface area contributed by atoms with Gasteiger partial charge in [0.1, 0.15) is 0 Å². The van der Waals surface area contributed by atoms with Crippen LogP contribution in [0.1, 0.15) is 32.1 Å². The van der Waals surface area contributed by atoms with Crippen molar-refractivity contribution in [3.05, 3.63) is 0 Å². The molecule has 15 heavy (non-hydrogen) atoms. The summed E-state index contributed by atoms with van der Waals surface area (Å²) in [5.41, 5.74) is -0.139. The van der Waals surface area contributed by atoms with Crippen LogP contribution in [0.25, 0.3) is 0 Å². The maximum absolute atomic E-state index is 12.0. The minimum atomic E-state index is -0.139. The lowest BCUT2D eigenvalue weighted by Crippen LogP contribution is -2.52. The summed E-state index contributed by atoms with van der Waals surface area (Å²) in [6.45, 7) is 1.41. The molecule has 1 atom stereocenters. The fourth-order valence-corrected chi connectivity index (χ4v) is 2.98. The van der Waals surface area contributed by atoms with Gasteiger partial charge < -0.3 is 10.1 Å². The van der Waals surface area contributed by atoms with Crippen LogP contribution in [0, 0.1) is 5.92 Å². The van der Waals surface area contributed by atoms with Crippen LogP contribution in [0.3, 0.4) is 0 Å². The van der Waals surface area contributed by atoms with Crippen molar-refractivity contribution in [2.45, 2.75) is 37.6 Å². The van der Waals surface area contributed by atoms with Crippen molar-refractivity contribution in [1.82, 2.24) is 5.32 Å². The summed E-state index contributed by atoms with van der Waals surface area (Å²) in [7, 11) is 0. The van der Waals surface area contributed by atoms with Crippen LogP contribution in [0.5, 0.6) is 0 Å². The Morgan fingerprint density at radius 1 is 1.47 bits per heavy atom. The Labute approximate surface area is 99.1 Å². The van der Waals surface area contributed by atoms with Crippen LogP contribution < -0.4 is 5.32 Å². The van der Waals surface area contributed by atoms with Gasteiger partial charge in [0, 0.05) is 17.9 Å². The molecule has 1 aliphatic carbocycles. The molecule has 1 saturated heterocycles. The lowest BCUT2D eigenvalue weighted by Gasteiger charge is -2.27. The van der Waals surface area contributed by atoms with Gasteiger partial charge in [0.2, 0.25) is 5.91 Å². The molecule has 0 spiro atoms. The van der Waals surface area contributed by atoms with Crippen molar-refractivity contribution in [2.24, 2.45) is 5.92 Å². The Kier molecular flexibility index (Phi) is 3.67. The van der Waals surface area contributed by atoms with Gasteiger partial charge in [-0.25, -0.2) is 0 Å². The number of halogens is 1. The number of ether oxygens (including phenoxy) is 1. The van der Waals surface area contributed by atoms with E-state index in [1.165, 1.54) is 12.8 Å². The highest BCUT2D eigenvalue weighted by Crippen LogP contribution is 2.27. The van der Waals surface area contributed by atoms with Crippen molar-refractivity contribution in [3.8, 4) is 0 Å². The average Bonchev–Trinajstić information content (AvgIpc) is 2.88. The fraction of sp³-hybridized carbons (Fsp3) is 0.909. The molecular formula is C11H18BrNO2. The maximum atomic E-state index is 12.0. The predicted molar refractivity (Wildman–Crippen MR) is 62.1 cm³/mol. The quantitative estimate of drug-likeness (QED) is 0.799. The van der Waals surface area contributed by atoms with E-state index < -0.39 is 0 Å². The third kappa shape index (κ3) is 2.53. The van der Waals surface area contributed by atoms with E-state index in [1.54, 1.807) is 0 Å². The molecule has 86 valence electrons. The summed E-state index contributed by atoms with van der Waals surface area (Å²) < 4.78 is 5.37. The van der Waals surface area contributed by atoms with E-state index in [0.29, 0.717) is 6.61 Å². The van der Waals surface area contributed by atoms with Crippen molar-refractivity contribution in [2.75, 3.05) is 18.5 Å². The molecule has 0 aromatic carbocycles.